The minimum absolute atomic E-state index is 0.0125. The number of aromatic amines is 1. The number of carbonyl (C=O) groups is 1. The molecule has 2 unspecified atom stereocenters. The summed E-state index contributed by atoms with van der Waals surface area (Å²) in [5.74, 6) is 0. The number of amides is 2. The van der Waals surface area contributed by atoms with E-state index in [4.69, 9.17) is 0 Å². The predicted molar refractivity (Wildman–Crippen MR) is 91.3 cm³/mol. The van der Waals surface area contributed by atoms with Gasteiger partial charge in [-0.1, -0.05) is 20.8 Å². The van der Waals surface area contributed by atoms with Crippen molar-refractivity contribution in [2.24, 2.45) is 15.8 Å². The van der Waals surface area contributed by atoms with Gasteiger partial charge in [0.1, 0.15) is 0 Å². The van der Waals surface area contributed by atoms with Gasteiger partial charge in [-0.25, -0.2) is 19.6 Å². The molecule has 0 aliphatic heterocycles. The summed E-state index contributed by atoms with van der Waals surface area (Å²) in [6, 6.07) is -0.184. The van der Waals surface area contributed by atoms with Gasteiger partial charge in [-0.05, 0) is 30.1 Å². The molecule has 3 N–H and O–H groups in total. The molecule has 2 rings (SSSR count). The van der Waals surface area contributed by atoms with E-state index in [1.165, 1.54) is 0 Å². The minimum Gasteiger partial charge on any atom is -0.348 e. The van der Waals surface area contributed by atoms with E-state index < -0.39 is 0 Å². The Hall–Kier alpha value is -2.14. The molecule has 1 heterocycles. The molecule has 1 aliphatic rings. The van der Waals surface area contributed by atoms with E-state index in [-0.39, 0.29) is 22.9 Å². The van der Waals surface area contributed by atoms with E-state index in [0.29, 0.717) is 19.5 Å². The topological polar surface area (TPSA) is 99.2 Å². The van der Waals surface area contributed by atoms with Crippen LogP contribution >= 0.6 is 0 Å². The summed E-state index contributed by atoms with van der Waals surface area (Å²) in [4.78, 5) is 33.5. The number of aliphatic imine (C=N–C) groups is 1. The van der Waals surface area contributed by atoms with Crippen molar-refractivity contribution in [2.45, 2.75) is 52.5 Å². The van der Waals surface area contributed by atoms with Crippen LogP contribution in [-0.2, 0) is 11.2 Å². The lowest BCUT2D eigenvalue weighted by Gasteiger charge is -2.45. The minimum atomic E-state index is -0.172. The lowest BCUT2D eigenvalue weighted by atomic mass is 9.63. The zero-order valence-electron chi connectivity index (χ0n) is 14.7. The van der Waals surface area contributed by atoms with Crippen LogP contribution in [0.2, 0.25) is 0 Å². The molecule has 0 radical (unpaired) electrons. The fraction of sp³-hybridized carbons (Fsp3) is 0.706. The molecule has 1 aliphatic carbocycles. The first-order chi connectivity index (χ1) is 11.3. The Morgan fingerprint density at radius 1 is 1.42 bits per heavy atom. The van der Waals surface area contributed by atoms with Crippen LogP contribution in [0.1, 0.15) is 45.7 Å². The molecule has 2 amide bonds. The van der Waals surface area contributed by atoms with Crippen LogP contribution in [0.15, 0.2) is 17.5 Å². The summed E-state index contributed by atoms with van der Waals surface area (Å²) >= 11 is 0. The molecule has 1 saturated carbocycles. The van der Waals surface area contributed by atoms with E-state index in [1.807, 2.05) is 0 Å². The molecule has 7 nitrogen and oxygen atoms in total. The summed E-state index contributed by atoms with van der Waals surface area (Å²) in [5, 5.41) is 5.81. The van der Waals surface area contributed by atoms with E-state index >= 15 is 0 Å². The Balaban J connectivity index is 1.80. The quantitative estimate of drug-likeness (QED) is 0.549. The molecular formula is C17H27N5O2. The van der Waals surface area contributed by atoms with Crippen LogP contribution in [-0.4, -0.2) is 41.2 Å². The molecule has 24 heavy (non-hydrogen) atoms. The second kappa shape index (κ2) is 7.62. The normalized spacial score (nSPS) is 25.5. The Bertz CT molecular complexity index is 592. The van der Waals surface area contributed by atoms with Crippen molar-refractivity contribution in [3.05, 3.63) is 18.2 Å². The van der Waals surface area contributed by atoms with Crippen molar-refractivity contribution in [3.8, 4) is 0 Å². The van der Waals surface area contributed by atoms with Crippen molar-refractivity contribution in [2.75, 3.05) is 13.1 Å². The van der Waals surface area contributed by atoms with E-state index in [9.17, 15) is 9.59 Å². The number of urea groups is 1. The molecule has 0 bridgehead atoms. The molecule has 1 aromatic rings. The molecule has 132 valence electrons. The van der Waals surface area contributed by atoms with Crippen molar-refractivity contribution < 1.29 is 9.59 Å². The van der Waals surface area contributed by atoms with Gasteiger partial charge >= 0.3 is 6.03 Å². The Morgan fingerprint density at radius 2 is 2.21 bits per heavy atom. The molecule has 1 fully saturated rings. The fourth-order valence-corrected chi connectivity index (χ4v) is 3.97. The van der Waals surface area contributed by atoms with Crippen LogP contribution in [0, 0.1) is 10.8 Å². The van der Waals surface area contributed by atoms with Gasteiger partial charge in [0.25, 0.3) is 0 Å². The first-order valence-corrected chi connectivity index (χ1v) is 8.38. The molecule has 2 atom stereocenters. The number of hydrogen-bond acceptors (Lipinski definition) is 4. The first kappa shape index (κ1) is 18.2. The maximum atomic E-state index is 12.0. The summed E-state index contributed by atoms with van der Waals surface area (Å²) in [7, 11) is 0. The lowest BCUT2D eigenvalue weighted by Crippen LogP contribution is -2.47. The zero-order chi connectivity index (χ0) is 17.6. The second-order valence-electron chi connectivity index (χ2n) is 7.87. The third kappa shape index (κ3) is 5.49. The van der Waals surface area contributed by atoms with Gasteiger partial charge in [0, 0.05) is 31.4 Å². The zero-order valence-corrected chi connectivity index (χ0v) is 14.7. The van der Waals surface area contributed by atoms with Crippen molar-refractivity contribution in [1.82, 2.24) is 20.6 Å². The average Bonchev–Trinajstić information content (AvgIpc) is 2.97. The number of hydrogen-bond donors (Lipinski definition) is 3. The second-order valence-corrected chi connectivity index (χ2v) is 7.87. The third-order valence-corrected chi connectivity index (χ3v) is 4.57. The number of nitrogens with zero attached hydrogens (tertiary/aromatic N) is 2. The number of isocyanates is 1. The van der Waals surface area contributed by atoms with Crippen LogP contribution in [0.4, 0.5) is 4.79 Å². The maximum absolute atomic E-state index is 12.0. The summed E-state index contributed by atoms with van der Waals surface area (Å²) in [6.07, 6.45) is 8.44. The Labute approximate surface area is 142 Å². The summed E-state index contributed by atoms with van der Waals surface area (Å²) in [5.41, 5.74) is 1.01. The van der Waals surface area contributed by atoms with Gasteiger partial charge < -0.3 is 15.6 Å². The number of carbonyl (C=O) groups excluding carboxylic acids is 2. The number of aromatic nitrogens is 2. The SMILES string of the molecule is CC1(C)CC(N=C=O)CC(C)(CNC(=O)NCCc2cnc[nH]2)C1. The maximum Gasteiger partial charge on any atom is 0.314 e. The average molecular weight is 333 g/mol. The van der Waals surface area contributed by atoms with Crippen molar-refractivity contribution in [3.63, 3.8) is 0 Å². The number of rotatable bonds is 6. The predicted octanol–water partition coefficient (Wildman–Crippen LogP) is 2.17. The first-order valence-electron chi connectivity index (χ1n) is 8.38. The molecule has 7 heteroatoms. The number of nitrogens with one attached hydrogen (secondary N) is 3. The van der Waals surface area contributed by atoms with Crippen LogP contribution in [0.25, 0.3) is 0 Å². The largest absolute Gasteiger partial charge is 0.348 e. The van der Waals surface area contributed by atoms with Gasteiger partial charge in [-0.2, -0.15) is 0 Å². The van der Waals surface area contributed by atoms with Crippen LogP contribution < -0.4 is 10.6 Å². The highest BCUT2D eigenvalue weighted by atomic mass is 16.2. The van der Waals surface area contributed by atoms with Gasteiger partial charge in [0.2, 0.25) is 6.08 Å². The van der Waals surface area contributed by atoms with Crippen molar-refractivity contribution in [1.29, 1.82) is 0 Å². The summed E-state index contributed by atoms with van der Waals surface area (Å²) in [6.45, 7) is 7.63. The Morgan fingerprint density at radius 3 is 2.88 bits per heavy atom. The molecular weight excluding hydrogens is 306 g/mol. The lowest BCUT2D eigenvalue weighted by molar-refractivity contribution is 0.0850. The highest BCUT2D eigenvalue weighted by Gasteiger charge is 2.41. The van der Waals surface area contributed by atoms with Gasteiger partial charge in [0.15, 0.2) is 0 Å². The van der Waals surface area contributed by atoms with E-state index in [2.05, 4.69) is 46.4 Å². The van der Waals surface area contributed by atoms with E-state index in [0.717, 1.165) is 25.0 Å². The van der Waals surface area contributed by atoms with Gasteiger partial charge in [-0.15, -0.1) is 0 Å². The molecule has 0 saturated heterocycles. The van der Waals surface area contributed by atoms with Gasteiger partial charge in [-0.3, -0.25) is 0 Å². The monoisotopic (exact) mass is 333 g/mol. The van der Waals surface area contributed by atoms with Crippen molar-refractivity contribution >= 4 is 12.1 Å². The van der Waals surface area contributed by atoms with E-state index in [1.54, 1.807) is 18.6 Å². The Kier molecular flexibility index (Phi) is 5.78. The number of imidazole rings is 1. The fourth-order valence-electron chi connectivity index (χ4n) is 3.97. The van der Waals surface area contributed by atoms with Crippen LogP contribution in [0.5, 0.6) is 0 Å². The molecule has 0 aromatic carbocycles. The highest BCUT2D eigenvalue weighted by molar-refractivity contribution is 5.73. The standard InChI is InChI=1S/C17H27N5O2/c1-16(2)6-14(22-12-23)7-17(3,9-16)10-20-15(24)19-5-4-13-8-18-11-21-13/h8,11,14H,4-7,9-10H2,1-3H3,(H,18,21)(H2,19,20,24). The highest BCUT2D eigenvalue weighted by Crippen LogP contribution is 2.46. The number of H-pyrrole nitrogens is 1. The third-order valence-electron chi connectivity index (χ3n) is 4.57. The molecule has 0 spiro atoms. The van der Waals surface area contributed by atoms with Crippen LogP contribution in [0.3, 0.4) is 0 Å². The molecule has 1 aromatic heterocycles. The summed E-state index contributed by atoms with van der Waals surface area (Å²) < 4.78 is 0. The smallest absolute Gasteiger partial charge is 0.314 e. The van der Waals surface area contributed by atoms with Gasteiger partial charge in [0.05, 0.1) is 12.4 Å².